The van der Waals surface area contributed by atoms with E-state index in [9.17, 15) is 0 Å². The van der Waals surface area contributed by atoms with Crippen molar-refractivity contribution < 1.29 is 14.2 Å². The number of rotatable bonds is 11. The summed E-state index contributed by atoms with van der Waals surface area (Å²) in [6.07, 6.45) is 1.72. The molecule has 0 radical (unpaired) electrons. The van der Waals surface area contributed by atoms with Crippen molar-refractivity contribution in [2.24, 2.45) is 5.92 Å². The van der Waals surface area contributed by atoms with Gasteiger partial charge in [0.05, 0.1) is 19.3 Å². The van der Waals surface area contributed by atoms with E-state index in [0.717, 1.165) is 24.0 Å². The van der Waals surface area contributed by atoms with Gasteiger partial charge in [0.25, 0.3) is 0 Å². The number of benzene rings is 2. The highest BCUT2D eigenvalue weighted by Gasteiger charge is 2.17. The molecule has 0 spiro atoms. The van der Waals surface area contributed by atoms with Crippen LogP contribution in [0.25, 0.3) is 0 Å². The molecule has 0 heterocycles. The molecule has 3 heteroatoms. The molecule has 0 fully saturated rings. The summed E-state index contributed by atoms with van der Waals surface area (Å²) >= 11 is 0. The molecular formula is C22H30O3. The molecule has 0 N–H and O–H groups in total. The Labute approximate surface area is 151 Å². The van der Waals surface area contributed by atoms with E-state index in [1.807, 2.05) is 36.4 Å². The lowest BCUT2D eigenvalue weighted by molar-refractivity contribution is -0.164. The van der Waals surface area contributed by atoms with Gasteiger partial charge in [-0.2, -0.15) is 0 Å². The predicted molar refractivity (Wildman–Crippen MR) is 101 cm³/mol. The van der Waals surface area contributed by atoms with Crippen LogP contribution in [0.2, 0.25) is 0 Å². The third-order valence-electron chi connectivity index (χ3n) is 4.29. The summed E-state index contributed by atoms with van der Waals surface area (Å²) in [6, 6.07) is 20.4. The van der Waals surface area contributed by atoms with Gasteiger partial charge in [0.15, 0.2) is 6.29 Å². The first-order valence-electron chi connectivity index (χ1n) is 9.03. The Morgan fingerprint density at radius 1 is 0.720 bits per heavy atom. The summed E-state index contributed by atoms with van der Waals surface area (Å²) in [4.78, 5) is 0. The highest BCUT2D eigenvalue weighted by atomic mass is 16.7. The van der Waals surface area contributed by atoms with Crippen LogP contribution in [0.5, 0.6) is 0 Å². The lowest BCUT2D eigenvalue weighted by Crippen LogP contribution is -2.23. The van der Waals surface area contributed by atoms with Crippen molar-refractivity contribution in [2.75, 3.05) is 7.11 Å². The molecule has 0 bridgehead atoms. The van der Waals surface area contributed by atoms with Crippen LogP contribution in [0.15, 0.2) is 60.7 Å². The Morgan fingerprint density at radius 3 is 1.60 bits per heavy atom. The van der Waals surface area contributed by atoms with Crippen molar-refractivity contribution in [1.82, 2.24) is 0 Å². The third kappa shape index (κ3) is 7.39. The molecule has 0 saturated carbocycles. The third-order valence-corrected chi connectivity index (χ3v) is 4.29. The van der Waals surface area contributed by atoms with Gasteiger partial charge in [0, 0.05) is 13.5 Å². The second-order valence-electron chi connectivity index (χ2n) is 6.62. The van der Waals surface area contributed by atoms with Crippen LogP contribution in [0.1, 0.15) is 37.8 Å². The summed E-state index contributed by atoms with van der Waals surface area (Å²) in [5.41, 5.74) is 2.31. The fourth-order valence-electron chi connectivity index (χ4n) is 2.77. The Balaban J connectivity index is 1.89. The first kappa shape index (κ1) is 19.6. The summed E-state index contributed by atoms with van der Waals surface area (Å²) < 4.78 is 17.7. The van der Waals surface area contributed by atoms with E-state index in [1.54, 1.807) is 7.11 Å². The van der Waals surface area contributed by atoms with E-state index in [4.69, 9.17) is 14.2 Å². The van der Waals surface area contributed by atoms with Gasteiger partial charge in [0.2, 0.25) is 0 Å². The first-order valence-corrected chi connectivity index (χ1v) is 9.03. The van der Waals surface area contributed by atoms with Gasteiger partial charge >= 0.3 is 0 Å². The normalized spacial score (nSPS) is 12.7. The molecule has 0 aliphatic carbocycles. The van der Waals surface area contributed by atoms with Gasteiger partial charge in [-0.1, -0.05) is 74.5 Å². The van der Waals surface area contributed by atoms with Crippen LogP contribution in [-0.4, -0.2) is 19.5 Å². The summed E-state index contributed by atoms with van der Waals surface area (Å²) in [7, 11) is 1.77. The van der Waals surface area contributed by atoms with E-state index >= 15 is 0 Å². The van der Waals surface area contributed by atoms with Gasteiger partial charge < -0.3 is 14.2 Å². The molecule has 0 saturated heterocycles. The van der Waals surface area contributed by atoms with E-state index in [-0.39, 0.29) is 12.4 Å². The summed E-state index contributed by atoms with van der Waals surface area (Å²) in [6.45, 7) is 5.47. The number of hydrogen-bond acceptors (Lipinski definition) is 3. The number of ether oxygens (including phenoxy) is 3. The van der Waals surface area contributed by atoms with Crippen molar-refractivity contribution in [1.29, 1.82) is 0 Å². The predicted octanol–water partition coefficient (Wildman–Crippen LogP) is 5.20. The average molecular weight is 342 g/mol. The van der Waals surface area contributed by atoms with Crippen molar-refractivity contribution >= 4 is 0 Å². The maximum Gasteiger partial charge on any atom is 0.158 e. The average Bonchev–Trinajstić information content (AvgIpc) is 2.65. The second-order valence-corrected chi connectivity index (χ2v) is 6.62. The molecule has 0 aromatic heterocycles. The Morgan fingerprint density at radius 2 is 1.20 bits per heavy atom. The lowest BCUT2D eigenvalue weighted by atomic mass is 10.0. The van der Waals surface area contributed by atoms with Crippen LogP contribution in [0.4, 0.5) is 0 Å². The molecule has 25 heavy (non-hydrogen) atoms. The lowest BCUT2D eigenvalue weighted by Gasteiger charge is -2.23. The van der Waals surface area contributed by atoms with Gasteiger partial charge in [-0.15, -0.1) is 0 Å². The van der Waals surface area contributed by atoms with Gasteiger partial charge in [-0.3, -0.25) is 0 Å². The van der Waals surface area contributed by atoms with Gasteiger partial charge in [-0.25, -0.2) is 0 Å². The zero-order chi connectivity index (χ0) is 17.9. The maximum atomic E-state index is 6.05. The van der Waals surface area contributed by atoms with Crippen LogP contribution >= 0.6 is 0 Å². The molecule has 2 rings (SSSR count). The molecule has 2 aromatic carbocycles. The molecule has 2 aromatic rings. The fourth-order valence-corrected chi connectivity index (χ4v) is 2.77. The zero-order valence-electron chi connectivity index (χ0n) is 15.6. The molecule has 0 aliphatic rings. The van der Waals surface area contributed by atoms with Crippen molar-refractivity contribution in [2.45, 2.75) is 52.3 Å². The second kappa shape index (κ2) is 11.0. The molecular weight excluding hydrogens is 312 g/mol. The number of methoxy groups -OCH3 is 1. The van der Waals surface area contributed by atoms with Crippen LogP contribution in [0, 0.1) is 5.92 Å². The highest BCUT2D eigenvalue weighted by molar-refractivity contribution is 5.14. The molecule has 3 nitrogen and oxygen atoms in total. The van der Waals surface area contributed by atoms with Crippen molar-refractivity contribution in [3.63, 3.8) is 0 Å². The Kier molecular flexibility index (Phi) is 8.67. The summed E-state index contributed by atoms with van der Waals surface area (Å²) in [5.74, 6) is 0.480. The minimum Gasteiger partial charge on any atom is -0.381 e. The topological polar surface area (TPSA) is 27.7 Å². The largest absolute Gasteiger partial charge is 0.381 e. The molecule has 1 atom stereocenters. The standard InChI is InChI=1S/C22H30O3/c1-18(2)21(23-3)14-15-22(24-16-19-10-6-4-7-11-19)25-17-20-12-8-5-9-13-20/h4-13,18,21-22H,14-17H2,1-3H3. The monoisotopic (exact) mass is 342 g/mol. The van der Waals surface area contributed by atoms with E-state index < -0.39 is 0 Å². The van der Waals surface area contributed by atoms with E-state index in [1.165, 1.54) is 0 Å². The van der Waals surface area contributed by atoms with Crippen LogP contribution < -0.4 is 0 Å². The Bertz CT molecular complexity index is 525. The maximum absolute atomic E-state index is 6.05. The molecule has 1 unspecified atom stereocenters. The van der Waals surface area contributed by atoms with Gasteiger partial charge in [-0.05, 0) is 23.5 Å². The minimum absolute atomic E-state index is 0.225. The highest BCUT2D eigenvalue weighted by Crippen LogP contribution is 2.18. The van der Waals surface area contributed by atoms with E-state index in [0.29, 0.717) is 19.1 Å². The Hall–Kier alpha value is -1.68. The zero-order valence-corrected chi connectivity index (χ0v) is 15.6. The molecule has 0 aliphatic heterocycles. The SMILES string of the molecule is COC(CCC(OCc1ccccc1)OCc1ccccc1)C(C)C. The minimum atomic E-state index is -0.239. The van der Waals surface area contributed by atoms with Gasteiger partial charge in [0.1, 0.15) is 0 Å². The molecule has 136 valence electrons. The quantitative estimate of drug-likeness (QED) is 0.526. The van der Waals surface area contributed by atoms with Crippen molar-refractivity contribution in [3.8, 4) is 0 Å². The van der Waals surface area contributed by atoms with Crippen LogP contribution in [0.3, 0.4) is 0 Å². The fraction of sp³-hybridized carbons (Fsp3) is 0.455. The number of hydrogen-bond donors (Lipinski definition) is 0. The first-order chi connectivity index (χ1) is 12.2. The van der Waals surface area contributed by atoms with Crippen molar-refractivity contribution in [3.05, 3.63) is 71.8 Å². The smallest absolute Gasteiger partial charge is 0.158 e. The van der Waals surface area contributed by atoms with E-state index in [2.05, 4.69) is 38.1 Å². The van der Waals surface area contributed by atoms with Crippen LogP contribution in [-0.2, 0) is 27.4 Å². The summed E-state index contributed by atoms with van der Waals surface area (Å²) in [5, 5.41) is 0. The molecule has 0 amide bonds.